The molecule has 0 bridgehead atoms. The van der Waals surface area contributed by atoms with Crippen molar-refractivity contribution in [3.63, 3.8) is 0 Å². The number of hydrogen-bond donors (Lipinski definition) is 0. The first-order valence-corrected chi connectivity index (χ1v) is 37.7. The summed E-state index contributed by atoms with van der Waals surface area (Å²) in [4.78, 5) is 38.4. The van der Waals surface area contributed by atoms with E-state index in [9.17, 15) is 14.4 Å². The second kappa shape index (κ2) is 71.6. The fraction of sp³-hybridized carbons (Fsp3) is 0.934. The lowest BCUT2D eigenvalue weighted by Gasteiger charge is -2.18. The van der Waals surface area contributed by atoms with Gasteiger partial charge in [0.1, 0.15) is 13.2 Å². The van der Waals surface area contributed by atoms with Gasteiger partial charge in [-0.25, -0.2) is 0 Å². The molecule has 0 saturated carbocycles. The Balaban J connectivity index is 4.03. The second-order valence-electron chi connectivity index (χ2n) is 25.9. The van der Waals surface area contributed by atoms with Crippen LogP contribution in [-0.2, 0) is 28.6 Å². The van der Waals surface area contributed by atoms with Gasteiger partial charge in [-0.15, -0.1) is 0 Å². The molecular formula is C76H146O6. The van der Waals surface area contributed by atoms with Gasteiger partial charge < -0.3 is 14.2 Å². The first-order chi connectivity index (χ1) is 40.5. The number of unbranched alkanes of at least 4 members (excludes halogenated alkanes) is 58. The van der Waals surface area contributed by atoms with E-state index in [1.54, 1.807) is 0 Å². The van der Waals surface area contributed by atoms with Crippen LogP contribution in [0.4, 0.5) is 0 Å². The lowest BCUT2D eigenvalue weighted by molar-refractivity contribution is -0.167. The Hall–Kier alpha value is -1.85. The quantitative estimate of drug-likeness (QED) is 0.0261. The average molecular weight is 1160 g/mol. The third-order valence-corrected chi connectivity index (χ3v) is 17.5. The van der Waals surface area contributed by atoms with Gasteiger partial charge in [0, 0.05) is 19.3 Å². The highest BCUT2D eigenvalue weighted by Gasteiger charge is 2.20. The standard InChI is InChI=1S/C76H146O6/c1-4-7-10-13-16-19-22-25-28-29-30-31-32-33-34-35-36-37-38-39-40-41-42-43-44-45-46-47-49-51-54-57-60-63-66-69-75(78)81-72-73(71-80-74(77)68-65-62-59-56-53-50-27-24-21-18-15-12-9-6-3)82-76(79)70-67-64-61-58-55-52-48-26-23-20-17-14-11-8-5-2/h24,27,73H,4-23,25-26,28-72H2,1-3H3/b27-24-. The van der Waals surface area contributed by atoms with Gasteiger partial charge in [-0.1, -0.05) is 386 Å². The molecule has 6 heteroatoms. The van der Waals surface area contributed by atoms with Crippen LogP contribution in [0, 0.1) is 0 Å². The van der Waals surface area contributed by atoms with E-state index < -0.39 is 6.10 Å². The summed E-state index contributed by atoms with van der Waals surface area (Å²) in [6.45, 7) is 6.71. The largest absolute Gasteiger partial charge is 0.462 e. The zero-order chi connectivity index (χ0) is 59.2. The van der Waals surface area contributed by atoms with Crippen LogP contribution in [0.3, 0.4) is 0 Å². The molecule has 0 spiro atoms. The molecule has 82 heavy (non-hydrogen) atoms. The lowest BCUT2D eigenvalue weighted by Crippen LogP contribution is -2.30. The molecule has 486 valence electrons. The summed E-state index contributed by atoms with van der Waals surface area (Å²) in [5.41, 5.74) is 0. The number of rotatable bonds is 71. The topological polar surface area (TPSA) is 78.9 Å². The highest BCUT2D eigenvalue weighted by molar-refractivity contribution is 5.71. The van der Waals surface area contributed by atoms with E-state index in [1.165, 1.54) is 334 Å². The van der Waals surface area contributed by atoms with Gasteiger partial charge in [-0.2, -0.15) is 0 Å². The Labute approximate surface area is 513 Å². The van der Waals surface area contributed by atoms with Crippen LogP contribution in [-0.4, -0.2) is 37.2 Å². The molecule has 0 aliphatic rings. The van der Waals surface area contributed by atoms with Crippen molar-refractivity contribution < 1.29 is 28.6 Å². The summed E-state index contributed by atoms with van der Waals surface area (Å²) in [7, 11) is 0. The van der Waals surface area contributed by atoms with Gasteiger partial charge in [-0.05, 0) is 44.9 Å². The Morgan fingerprint density at radius 1 is 0.232 bits per heavy atom. The molecule has 6 nitrogen and oxygen atoms in total. The number of allylic oxidation sites excluding steroid dienone is 2. The highest BCUT2D eigenvalue weighted by atomic mass is 16.6. The van der Waals surface area contributed by atoms with Crippen molar-refractivity contribution in [1.82, 2.24) is 0 Å². The molecule has 0 heterocycles. The maximum Gasteiger partial charge on any atom is 0.306 e. The number of hydrogen-bond acceptors (Lipinski definition) is 6. The molecule has 0 N–H and O–H groups in total. The van der Waals surface area contributed by atoms with Crippen LogP contribution >= 0.6 is 0 Å². The molecule has 0 aliphatic heterocycles. The zero-order valence-electron chi connectivity index (χ0n) is 56.1. The SMILES string of the molecule is CCCCCCC/C=C\CCCCCCCC(=O)OCC(COC(=O)CCCCCCCCCCCCCCCCCCCCCCCCCCCCCCCCCCCCC)OC(=O)CCCCCCCCCCCCCCCCC. The van der Waals surface area contributed by atoms with E-state index in [1.807, 2.05) is 0 Å². The Bertz CT molecular complexity index is 1280. The summed E-state index contributed by atoms with van der Waals surface area (Å²) in [5, 5.41) is 0. The van der Waals surface area contributed by atoms with E-state index in [2.05, 4.69) is 32.9 Å². The van der Waals surface area contributed by atoms with Crippen LogP contribution in [0.2, 0.25) is 0 Å². The van der Waals surface area contributed by atoms with Crippen molar-refractivity contribution in [2.45, 2.75) is 444 Å². The van der Waals surface area contributed by atoms with Crippen molar-refractivity contribution in [2.24, 2.45) is 0 Å². The molecule has 0 aromatic carbocycles. The normalized spacial score (nSPS) is 12.0. The minimum absolute atomic E-state index is 0.0658. The number of carbonyl (C=O) groups is 3. The van der Waals surface area contributed by atoms with Gasteiger partial charge in [0.25, 0.3) is 0 Å². The van der Waals surface area contributed by atoms with Gasteiger partial charge in [-0.3, -0.25) is 14.4 Å². The van der Waals surface area contributed by atoms with Crippen molar-refractivity contribution in [3.05, 3.63) is 12.2 Å². The first-order valence-electron chi connectivity index (χ1n) is 37.7. The van der Waals surface area contributed by atoms with Crippen LogP contribution in [0.1, 0.15) is 438 Å². The van der Waals surface area contributed by atoms with E-state index in [0.29, 0.717) is 19.3 Å². The fourth-order valence-corrected chi connectivity index (χ4v) is 11.9. The van der Waals surface area contributed by atoms with Crippen molar-refractivity contribution in [3.8, 4) is 0 Å². The minimum atomic E-state index is -0.769. The third-order valence-electron chi connectivity index (χ3n) is 17.5. The number of ether oxygens (including phenoxy) is 3. The average Bonchev–Trinajstić information content (AvgIpc) is 3.47. The smallest absolute Gasteiger partial charge is 0.306 e. The van der Waals surface area contributed by atoms with Crippen LogP contribution in [0.25, 0.3) is 0 Å². The molecule has 1 atom stereocenters. The maximum atomic E-state index is 12.9. The molecular weight excluding hydrogens is 1010 g/mol. The summed E-state index contributed by atoms with van der Waals surface area (Å²) < 4.78 is 17.0. The van der Waals surface area contributed by atoms with Gasteiger partial charge in [0.05, 0.1) is 0 Å². The van der Waals surface area contributed by atoms with Crippen LogP contribution < -0.4 is 0 Å². The first kappa shape index (κ1) is 80.2. The summed E-state index contributed by atoms with van der Waals surface area (Å²) in [6.07, 6.45) is 87.1. The van der Waals surface area contributed by atoms with Crippen LogP contribution in [0.5, 0.6) is 0 Å². The summed E-state index contributed by atoms with van der Waals surface area (Å²) in [6, 6.07) is 0. The Morgan fingerprint density at radius 3 is 0.610 bits per heavy atom. The fourth-order valence-electron chi connectivity index (χ4n) is 11.9. The van der Waals surface area contributed by atoms with Crippen molar-refractivity contribution >= 4 is 17.9 Å². The highest BCUT2D eigenvalue weighted by Crippen LogP contribution is 2.20. The monoisotopic (exact) mass is 1160 g/mol. The van der Waals surface area contributed by atoms with E-state index in [4.69, 9.17) is 14.2 Å². The molecule has 0 fully saturated rings. The number of esters is 3. The van der Waals surface area contributed by atoms with E-state index in [-0.39, 0.29) is 31.1 Å². The molecule has 0 saturated heterocycles. The molecule has 1 unspecified atom stereocenters. The molecule has 0 amide bonds. The van der Waals surface area contributed by atoms with E-state index in [0.717, 1.165) is 64.2 Å². The summed E-state index contributed by atoms with van der Waals surface area (Å²) in [5.74, 6) is -0.840. The third kappa shape index (κ3) is 68.9. The lowest BCUT2D eigenvalue weighted by atomic mass is 10.0. The van der Waals surface area contributed by atoms with E-state index >= 15 is 0 Å². The van der Waals surface area contributed by atoms with Crippen molar-refractivity contribution in [2.75, 3.05) is 13.2 Å². The zero-order valence-corrected chi connectivity index (χ0v) is 56.1. The predicted molar refractivity (Wildman–Crippen MR) is 358 cm³/mol. The van der Waals surface area contributed by atoms with Crippen LogP contribution in [0.15, 0.2) is 12.2 Å². The van der Waals surface area contributed by atoms with Gasteiger partial charge in [0.2, 0.25) is 0 Å². The minimum Gasteiger partial charge on any atom is -0.462 e. The van der Waals surface area contributed by atoms with Gasteiger partial charge >= 0.3 is 17.9 Å². The summed E-state index contributed by atoms with van der Waals surface area (Å²) >= 11 is 0. The predicted octanol–water partition coefficient (Wildman–Crippen LogP) is 26.0. The Morgan fingerprint density at radius 2 is 0.402 bits per heavy atom. The second-order valence-corrected chi connectivity index (χ2v) is 25.9. The Kier molecular flexibility index (Phi) is 70.0. The molecule has 0 rings (SSSR count). The molecule has 0 aliphatic carbocycles. The van der Waals surface area contributed by atoms with Crippen molar-refractivity contribution in [1.29, 1.82) is 0 Å². The molecule has 0 aromatic heterocycles. The van der Waals surface area contributed by atoms with Gasteiger partial charge in [0.15, 0.2) is 6.10 Å². The number of carbonyl (C=O) groups excluding carboxylic acids is 3. The maximum absolute atomic E-state index is 12.9. The molecule has 0 aromatic rings. The molecule has 0 radical (unpaired) electrons.